The van der Waals surface area contributed by atoms with Crippen LogP contribution in [0, 0.1) is 0 Å². The van der Waals surface area contributed by atoms with E-state index in [2.05, 4.69) is 44.3 Å². The first-order valence-corrected chi connectivity index (χ1v) is 28.4. The van der Waals surface area contributed by atoms with E-state index in [1.807, 2.05) is 24.3 Å². The minimum absolute atomic E-state index is 0.101. The van der Waals surface area contributed by atoms with E-state index < -0.39 is 67.4 Å². The van der Waals surface area contributed by atoms with Crippen molar-refractivity contribution in [3.8, 4) is 0 Å². The number of carbonyl (C=O) groups is 2. The van der Waals surface area contributed by atoms with Crippen LogP contribution in [0.1, 0.15) is 245 Å². The van der Waals surface area contributed by atoms with Crippen LogP contribution >= 0.6 is 0 Å². The molecular weight excluding hydrogens is 871 g/mol. The van der Waals surface area contributed by atoms with E-state index in [-0.39, 0.29) is 13.0 Å². The molecule has 0 aliphatic carbocycles. The third kappa shape index (κ3) is 35.4. The Labute approximate surface area is 421 Å². The van der Waals surface area contributed by atoms with Gasteiger partial charge in [0.25, 0.3) is 0 Å². The molecule has 1 aliphatic rings. The molecule has 1 rings (SSSR count). The van der Waals surface area contributed by atoms with Gasteiger partial charge in [0.15, 0.2) is 12.4 Å². The first kappa shape index (κ1) is 64.6. The molecule has 1 aliphatic heterocycles. The van der Waals surface area contributed by atoms with Gasteiger partial charge in [0.05, 0.1) is 25.4 Å². The van der Waals surface area contributed by atoms with Gasteiger partial charge in [-0.15, -0.1) is 0 Å². The third-order valence-electron chi connectivity index (χ3n) is 13.3. The highest BCUT2D eigenvalue weighted by molar-refractivity contribution is 5.80. The molecule has 0 radical (unpaired) electrons. The minimum atomic E-state index is -1.62. The van der Waals surface area contributed by atoms with Crippen molar-refractivity contribution in [2.45, 2.75) is 294 Å². The fourth-order valence-corrected chi connectivity index (χ4v) is 8.77. The lowest BCUT2D eigenvalue weighted by atomic mass is 9.99. The van der Waals surface area contributed by atoms with E-state index >= 15 is 0 Å². The summed E-state index contributed by atoms with van der Waals surface area (Å²) in [4.78, 5) is 26.4. The van der Waals surface area contributed by atoms with E-state index in [0.29, 0.717) is 19.3 Å². The van der Waals surface area contributed by atoms with Crippen LogP contribution in [-0.4, -0.2) is 99.6 Å². The largest absolute Gasteiger partial charge is 0.454 e. The number of rotatable bonds is 47. The zero-order valence-corrected chi connectivity index (χ0v) is 44.2. The van der Waals surface area contributed by atoms with Gasteiger partial charge in [-0.1, -0.05) is 243 Å². The topological polar surface area (TPSA) is 175 Å². The number of aliphatic hydroxyl groups is 5. The number of hydrogen-bond donors (Lipinski definition) is 6. The normalized spacial score (nSPS) is 20.1. The number of allylic oxidation sites excluding steroid dienone is 7. The molecule has 0 saturated carbocycles. The second-order valence-electron chi connectivity index (χ2n) is 19.7. The first-order chi connectivity index (χ1) is 33.7. The van der Waals surface area contributed by atoms with E-state index in [4.69, 9.17) is 14.2 Å². The summed E-state index contributed by atoms with van der Waals surface area (Å²) < 4.78 is 17.5. The van der Waals surface area contributed by atoms with Gasteiger partial charge in [-0.3, -0.25) is 9.59 Å². The van der Waals surface area contributed by atoms with Crippen molar-refractivity contribution >= 4 is 11.9 Å². The summed E-state index contributed by atoms with van der Waals surface area (Å²) in [5, 5.41) is 56.8. The maximum atomic E-state index is 13.4. The molecule has 1 amide bonds. The Kier molecular flexibility index (Phi) is 43.7. The summed E-state index contributed by atoms with van der Waals surface area (Å²) in [6.45, 7) is 5.64. The van der Waals surface area contributed by atoms with Crippen LogP contribution in [0.15, 0.2) is 48.6 Å². The molecule has 1 saturated heterocycles. The summed E-state index contributed by atoms with van der Waals surface area (Å²) in [5.41, 5.74) is 0. The van der Waals surface area contributed by atoms with Gasteiger partial charge in [0, 0.05) is 6.42 Å². The average Bonchev–Trinajstić information content (AvgIpc) is 3.34. The molecule has 11 nitrogen and oxygen atoms in total. The highest BCUT2D eigenvalue weighted by atomic mass is 16.7. The van der Waals surface area contributed by atoms with Gasteiger partial charge >= 0.3 is 5.97 Å². The van der Waals surface area contributed by atoms with Gasteiger partial charge in [0.1, 0.15) is 24.4 Å². The molecule has 0 aromatic rings. The number of aliphatic hydroxyl groups excluding tert-OH is 5. The highest BCUT2D eigenvalue weighted by Gasteiger charge is 2.47. The maximum Gasteiger partial charge on any atom is 0.306 e. The summed E-state index contributed by atoms with van der Waals surface area (Å²) in [5.74, 6) is -1.21. The maximum absolute atomic E-state index is 13.4. The molecular formula is C58H105NO10. The molecule has 8 unspecified atom stereocenters. The lowest BCUT2D eigenvalue weighted by Gasteiger charge is -2.41. The molecule has 0 aromatic carbocycles. The molecule has 8 atom stereocenters. The molecule has 69 heavy (non-hydrogen) atoms. The Balaban J connectivity index is 2.76. The van der Waals surface area contributed by atoms with Gasteiger partial charge in [-0.05, 0) is 44.9 Å². The molecule has 0 aromatic heterocycles. The second kappa shape index (κ2) is 46.7. The van der Waals surface area contributed by atoms with E-state index in [0.717, 1.165) is 77.0 Å². The van der Waals surface area contributed by atoms with Gasteiger partial charge in [0.2, 0.25) is 5.91 Å². The van der Waals surface area contributed by atoms with Crippen LogP contribution in [0.25, 0.3) is 0 Å². The number of esters is 1. The third-order valence-corrected chi connectivity index (χ3v) is 13.3. The Hall–Kier alpha value is -2.38. The molecule has 0 bridgehead atoms. The fraction of sp³-hybridized carbons (Fsp3) is 0.828. The number of hydrogen-bond acceptors (Lipinski definition) is 10. The monoisotopic (exact) mass is 976 g/mol. The molecule has 0 spiro atoms. The molecule has 11 heteroatoms. The second-order valence-corrected chi connectivity index (χ2v) is 19.7. The fourth-order valence-electron chi connectivity index (χ4n) is 8.77. The van der Waals surface area contributed by atoms with Crippen LogP contribution in [0.2, 0.25) is 0 Å². The van der Waals surface area contributed by atoms with Gasteiger partial charge < -0.3 is 45.1 Å². The van der Waals surface area contributed by atoms with Crippen LogP contribution < -0.4 is 5.32 Å². The van der Waals surface area contributed by atoms with Crippen molar-refractivity contribution in [1.29, 1.82) is 0 Å². The SMILES string of the molecule is CC/C=C/C=C/C=C\CCCCCCCC(=O)OC1C(OCC(NC(=O)C(O)CCCCCCCCCCCCCCCC)C(O)/C=C/CCCCCCCCCCCCC)OC(CO)C(O)C1O. The van der Waals surface area contributed by atoms with E-state index in [9.17, 15) is 35.1 Å². The van der Waals surface area contributed by atoms with Crippen molar-refractivity contribution in [1.82, 2.24) is 5.32 Å². The molecule has 402 valence electrons. The zero-order valence-electron chi connectivity index (χ0n) is 44.2. The summed E-state index contributed by atoms with van der Waals surface area (Å²) in [6, 6.07) is -1.02. The molecule has 1 fully saturated rings. The van der Waals surface area contributed by atoms with Crippen molar-refractivity contribution < 1.29 is 49.3 Å². The van der Waals surface area contributed by atoms with Crippen LogP contribution in [0.4, 0.5) is 0 Å². The number of nitrogens with one attached hydrogen (secondary N) is 1. The van der Waals surface area contributed by atoms with E-state index in [1.165, 1.54) is 122 Å². The Bertz CT molecular complexity index is 1300. The number of unbranched alkanes of at least 4 members (excludes halogenated alkanes) is 29. The van der Waals surface area contributed by atoms with Crippen LogP contribution in [0.3, 0.4) is 0 Å². The van der Waals surface area contributed by atoms with Crippen molar-refractivity contribution in [2.24, 2.45) is 0 Å². The standard InChI is InChI=1S/C58H105NO10/c1-4-7-10-13-16-19-22-25-28-30-33-36-39-42-45-51(62)57(66)59-49(50(61)44-41-38-35-32-29-26-23-20-17-14-11-8-5-2)48-67-58-56(55(65)54(64)52(47-60)68-58)69-53(63)46-43-40-37-34-31-27-24-21-18-15-12-9-6-3/h9,12,15,18,21,24,41,44,49-52,54-56,58,60-62,64-65H,4-8,10-11,13-14,16-17,19-20,22-23,25-40,42-43,45-48H2,1-3H3,(H,59,66)/b12-9+,18-15+,24-21-,44-41+. The van der Waals surface area contributed by atoms with Crippen molar-refractivity contribution in [3.63, 3.8) is 0 Å². The number of ether oxygens (including phenoxy) is 3. The lowest BCUT2D eigenvalue weighted by molar-refractivity contribution is -0.305. The summed E-state index contributed by atoms with van der Waals surface area (Å²) in [7, 11) is 0. The zero-order chi connectivity index (χ0) is 50.4. The summed E-state index contributed by atoms with van der Waals surface area (Å²) in [6.07, 6.45) is 44.4. The van der Waals surface area contributed by atoms with Crippen LogP contribution in [-0.2, 0) is 23.8 Å². The number of carbonyl (C=O) groups excluding carboxylic acids is 2. The first-order valence-electron chi connectivity index (χ1n) is 28.4. The predicted octanol–water partition coefficient (Wildman–Crippen LogP) is 12.5. The highest BCUT2D eigenvalue weighted by Crippen LogP contribution is 2.26. The molecule has 6 N–H and O–H groups in total. The van der Waals surface area contributed by atoms with Crippen LogP contribution in [0.5, 0.6) is 0 Å². The lowest BCUT2D eigenvalue weighted by Crippen LogP contribution is -2.61. The smallest absolute Gasteiger partial charge is 0.306 e. The average molecular weight is 976 g/mol. The predicted molar refractivity (Wildman–Crippen MR) is 283 cm³/mol. The van der Waals surface area contributed by atoms with Gasteiger partial charge in [-0.25, -0.2) is 0 Å². The Morgan fingerprint density at radius 1 is 0.580 bits per heavy atom. The Morgan fingerprint density at radius 3 is 1.55 bits per heavy atom. The Morgan fingerprint density at radius 2 is 1.04 bits per heavy atom. The quantitative estimate of drug-likeness (QED) is 0.0149. The number of amides is 1. The van der Waals surface area contributed by atoms with Gasteiger partial charge in [-0.2, -0.15) is 0 Å². The van der Waals surface area contributed by atoms with Crippen molar-refractivity contribution in [3.05, 3.63) is 48.6 Å². The van der Waals surface area contributed by atoms with E-state index in [1.54, 1.807) is 6.08 Å². The minimum Gasteiger partial charge on any atom is -0.454 e. The van der Waals surface area contributed by atoms with Crippen molar-refractivity contribution in [2.75, 3.05) is 13.2 Å². The molecule has 1 heterocycles. The summed E-state index contributed by atoms with van der Waals surface area (Å²) >= 11 is 0.